The molecular formula is C23H19Cl2Zr. The van der Waals surface area contributed by atoms with E-state index in [1.54, 1.807) is 5.57 Å². The summed E-state index contributed by atoms with van der Waals surface area (Å²) in [6.45, 7) is 0. The maximum atomic E-state index is 3.53. The molecule has 0 amide bonds. The summed E-state index contributed by atoms with van der Waals surface area (Å²) >= 11 is 0. The molecular weight excluding hydrogens is 438 g/mol. The van der Waals surface area contributed by atoms with Crippen molar-refractivity contribution in [3.05, 3.63) is 89.0 Å². The Morgan fingerprint density at radius 1 is 0.885 bits per heavy atom. The maximum absolute atomic E-state index is 3.53. The van der Waals surface area contributed by atoms with Crippen molar-refractivity contribution in [1.29, 1.82) is 0 Å². The van der Waals surface area contributed by atoms with Gasteiger partial charge in [-0.25, -0.2) is 0 Å². The molecule has 5 rings (SSSR count). The van der Waals surface area contributed by atoms with Crippen molar-refractivity contribution in [2.75, 3.05) is 0 Å². The summed E-state index contributed by atoms with van der Waals surface area (Å²) in [5.74, 6) is 0.447. The van der Waals surface area contributed by atoms with Crippen LogP contribution in [0.25, 0.3) is 16.7 Å². The number of benzene rings is 2. The second kappa shape index (κ2) is 8.87. The van der Waals surface area contributed by atoms with E-state index in [2.05, 4.69) is 66.8 Å². The summed E-state index contributed by atoms with van der Waals surface area (Å²) in [6.07, 6.45) is 15.2. The molecule has 0 aromatic heterocycles. The van der Waals surface area contributed by atoms with Crippen molar-refractivity contribution in [2.45, 2.75) is 31.6 Å². The molecule has 0 saturated carbocycles. The van der Waals surface area contributed by atoms with Crippen LogP contribution in [0.4, 0.5) is 0 Å². The van der Waals surface area contributed by atoms with Crippen LogP contribution in [0.2, 0.25) is 0 Å². The van der Waals surface area contributed by atoms with Gasteiger partial charge in [-0.3, -0.25) is 0 Å². The van der Waals surface area contributed by atoms with Gasteiger partial charge in [-0.1, -0.05) is 60.0 Å². The summed E-state index contributed by atoms with van der Waals surface area (Å²) in [5, 5.41) is 0. The number of halogens is 2. The van der Waals surface area contributed by atoms with Gasteiger partial charge in [-0.2, -0.15) is 17.7 Å². The van der Waals surface area contributed by atoms with Crippen molar-refractivity contribution in [3.63, 3.8) is 0 Å². The van der Waals surface area contributed by atoms with Gasteiger partial charge in [0.1, 0.15) is 0 Å². The van der Waals surface area contributed by atoms with Crippen LogP contribution in [0, 0.1) is 6.08 Å². The summed E-state index contributed by atoms with van der Waals surface area (Å²) in [7, 11) is 0. The first kappa shape index (κ1) is 21.4. The first-order valence-corrected chi connectivity index (χ1v) is 8.62. The zero-order valence-electron chi connectivity index (χ0n) is 14.4. The van der Waals surface area contributed by atoms with Gasteiger partial charge in [-0.05, 0) is 36.0 Å². The Hall–Kier alpha value is -0.877. The van der Waals surface area contributed by atoms with Crippen LogP contribution < -0.4 is 24.8 Å². The molecule has 0 aliphatic heterocycles. The second-order valence-corrected chi connectivity index (χ2v) is 6.66. The molecule has 0 bridgehead atoms. The summed E-state index contributed by atoms with van der Waals surface area (Å²) < 4.78 is 0. The van der Waals surface area contributed by atoms with E-state index in [4.69, 9.17) is 0 Å². The van der Waals surface area contributed by atoms with Crippen molar-refractivity contribution >= 4 is 5.57 Å². The first-order valence-electron chi connectivity index (χ1n) is 8.62. The Kier molecular flexibility index (Phi) is 7.31. The van der Waals surface area contributed by atoms with Crippen molar-refractivity contribution in [1.82, 2.24) is 0 Å². The van der Waals surface area contributed by atoms with E-state index in [0.717, 1.165) is 6.42 Å². The van der Waals surface area contributed by atoms with Gasteiger partial charge >= 0.3 is 26.2 Å². The van der Waals surface area contributed by atoms with Crippen LogP contribution in [0.3, 0.4) is 0 Å². The predicted molar refractivity (Wildman–Crippen MR) is 96.1 cm³/mol. The molecule has 1 radical (unpaired) electrons. The van der Waals surface area contributed by atoms with E-state index >= 15 is 0 Å². The third-order valence-electron chi connectivity index (χ3n) is 5.39. The molecule has 3 aliphatic carbocycles. The fourth-order valence-corrected chi connectivity index (χ4v) is 4.43. The largest absolute Gasteiger partial charge is 3.00 e. The van der Waals surface area contributed by atoms with E-state index < -0.39 is 0 Å². The zero-order valence-corrected chi connectivity index (χ0v) is 18.4. The first-order chi connectivity index (χ1) is 11.4. The Bertz CT molecular complexity index is 893. The van der Waals surface area contributed by atoms with Gasteiger partial charge in [0.25, 0.3) is 0 Å². The molecule has 0 fully saturated rings. The van der Waals surface area contributed by atoms with Crippen molar-refractivity contribution in [2.24, 2.45) is 0 Å². The Morgan fingerprint density at radius 2 is 1.65 bits per heavy atom. The third kappa shape index (κ3) is 3.35. The van der Waals surface area contributed by atoms with E-state index in [-0.39, 0.29) is 51.0 Å². The molecule has 26 heavy (non-hydrogen) atoms. The van der Waals surface area contributed by atoms with Gasteiger partial charge in [0.15, 0.2) is 0 Å². The van der Waals surface area contributed by atoms with Gasteiger partial charge in [-0.15, -0.1) is 17.7 Å². The topological polar surface area (TPSA) is 0 Å². The second-order valence-electron chi connectivity index (χ2n) is 6.66. The SMILES string of the molecule is [C-]1=C(c2cccc3c2C(C2=CCCC2)c2ccccc2-3)C=CC1.[Cl-].[Cl-].[Zr+3]. The average Bonchev–Trinajstić information content (AvgIpc) is 3.33. The molecule has 0 spiro atoms. The minimum atomic E-state index is 0. The van der Waals surface area contributed by atoms with Crippen LogP contribution in [-0.4, -0.2) is 0 Å². The minimum Gasteiger partial charge on any atom is -1.00 e. The van der Waals surface area contributed by atoms with E-state index in [9.17, 15) is 0 Å². The molecule has 3 aliphatic rings. The van der Waals surface area contributed by atoms with Crippen LogP contribution in [0.15, 0.2) is 66.3 Å². The van der Waals surface area contributed by atoms with Gasteiger partial charge in [0.2, 0.25) is 0 Å². The molecule has 2 aromatic rings. The number of rotatable bonds is 2. The standard InChI is InChI=1S/C23H19.2ClH.Zr/c1-2-9-16(8-1)18-14-7-15-21-19-12-5-6-13-20(19)22(23(18)21)17-10-3-4-11-17;;;/h1,5-8,10,12-15,22H,2-4,11H2;2*1H;/q-1;;;+3/p-2. The van der Waals surface area contributed by atoms with Crippen LogP contribution >= 0.6 is 0 Å². The molecule has 0 saturated heterocycles. The molecule has 1 atom stereocenters. The third-order valence-corrected chi connectivity index (χ3v) is 5.39. The zero-order chi connectivity index (χ0) is 15.2. The monoisotopic (exact) mass is 455 g/mol. The summed E-state index contributed by atoms with van der Waals surface area (Å²) in [5.41, 5.74) is 10.1. The number of allylic oxidation sites excluding steroid dienone is 6. The molecule has 0 heterocycles. The van der Waals surface area contributed by atoms with Gasteiger partial charge in [0, 0.05) is 5.92 Å². The molecule has 129 valence electrons. The molecule has 0 nitrogen and oxygen atoms in total. The minimum absolute atomic E-state index is 0. The quantitative estimate of drug-likeness (QED) is 0.442. The predicted octanol–water partition coefficient (Wildman–Crippen LogP) is 0.0612. The molecule has 1 unspecified atom stereocenters. The van der Waals surface area contributed by atoms with Crippen molar-refractivity contribution < 1.29 is 51.0 Å². The van der Waals surface area contributed by atoms with Gasteiger partial charge < -0.3 is 24.8 Å². The average molecular weight is 458 g/mol. The number of hydrogen-bond acceptors (Lipinski definition) is 0. The van der Waals surface area contributed by atoms with E-state index in [1.807, 2.05) is 0 Å². The van der Waals surface area contributed by atoms with E-state index in [0.29, 0.717) is 5.92 Å². The number of fused-ring (bicyclic) bond motifs is 3. The molecule has 3 heteroatoms. The van der Waals surface area contributed by atoms with Crippen LogP contribution in [0.5, 0.6) is 0 Å². The Labute approximate surface area is 187 Å². The fraction of sp³-hybridized carbons (Fsp3) is 0.217. The Balaban J connectivity index is 0.000000810. The normalized spacial score (nSPS) is 18.7. The van der Waals surface area contributed by atoms with Crippen molar-refractivity contribution in [3.8, 4) is 11.1 Å². The summed E-state index contributed by atoms with van der Waals surface area (Å²) in [6, 6.07) is 15.8. The van der Waals surface area contributed by atoms with Gasteiger partial charge in [0.05, 0.1) is 0 Å². The molecule has 0 N–H and O–H groups in total. The number of hydrogen-bond donors (Lipinski definition) is 0. The van der Waals surface area contributed by atoms with Crippen LogP contribution in [0.1, 0.15) is 48.3 Å². The Morgan fingerprint density at radius 3 is 2.38 bits per heavy atom. The summed E-state index contributed by atoms with van der Waals surface area (Å²) in [4.78, 5) is 0. The molecule has 2 aromatic carbocycles. The van der Waals surface area contributed by atoms with Crippen LogP contribution in [-0.2, 0) is 26.2 Å². The maximum Gasteiger partial charge on any atom is 3.00 e. The smallest absolute Gasteiger partial charge is 1.00 e. The van der Waals surface area contributed by atoms with E-state index in [1.165, 1.54) is 52.7 Å². The fourth-order valence-electron chi connectivity index (χ4n) is 4.43.